The molecule has 0 fully saturated rings. The van der Waals surface area contributed by atoms with Crippen LogP contribution >= 0.6 is 0 Å². The van der Waals surface area contributed by atoms with E-state index in [0.717, 1.165) is 32.7 Å². The monoisotopic (exact) mass is 275 g/mol. The highest BCUT2D eigenvalue weighted by atomic mass is 16.5. The Morgan fingerprint density at radius 3 is 2.26 bits per heavy atom. The summed E-state index contributed by atoms with van der Waals surface area (Å²) in [6, 6.07) is 0. The van der Waals surface area contributed by atoms with Gasteiger partial charge in [0.15, 0.2) is 0 Å². The van der Waals surface area contributed by atoms with E-state index in [2.05, 4.69) is 26.1 Å². The van der Waals surface area contributed by atoms with Crippen molar-refractivity contribution in [2.75, 3.05) is 53.7 Å². The van der Waals surface area contributed by atoms with Crippen LogP contribution in [0.5, 0.6) is 0 Å². The van der Waals surface area contributed by atoms with Crippen LogP contribution in [-0.2, 0) is 14.2 Å². The molecular formula is C15H33NO3. The number of nitrogens with one attached hydrogen (secondary N) is 1. The average Bonchev–Trinajstić information content (AvgIpc) is 2.38. The molecule has 0 rings (SSSR count). The van der Waals surface area contributed by atoms with Gasteiger partial charge in [-0.1, -0.05) is 20.8 Å². The van der Waals surface area contributed by atoms with Crippen molar-refractivity contribution in [2.24, 2.45) is 11.3 Å². The first kappa shape index (κ1) is 18.8. The van der Waals surface area contributed by atoms with Gasteiger partial charge in [0.1, 0.15) is 0 Å². The second kappa shape index (κ2) is 11.6. The summed E-state index contributed by atoms with van der Waals surface area (Å²) in [6.45, 7) is 11.9. The molecule has 4 nitrogen and oxygen atoms in total. The van der Waals surface area contributed by atoms with Gasteiger partial charge in [0.05, 0.1) is 19.8 Å². The first-order valence-corrected chi connectivity index (χ1v) is 7.33. The van der Waals surface area contributed by atoms with Gasteiger partial charge < -0.3 is 19.5 Å². The second-order valence-electron chi connectivity index (χ2n) is 5.69. The maximum atomic E-state index is 5.53. The fraction of sp³-hybridized carbons (Fsp3) is 1.00. The van der Waals surface area contributed by atoms with Crippen LogP contribution in [0.3, 0.4) is 0 Å². The quantitative estimate of drug-likeness (QED) is 0.524. The standard InChI is InChI=1S/C15H33NO3/c1-14(2)15(3,13-16-8-10-17-4)7-6-9-19-12-11-18-5/h14,16H,6-13H2,1-5H3. The van der Waals surface area contributed by atoms with Crippen molar-refractivity contribution in [2.45, 2.75) is 33.6 Å². The van der Waals surface area contributed by atoms with E-state index in [1.165, 1.54) is 6.42 Å². The van der Waals surface area contributed by atoms with Crippen LogP contribution in [0.1, 0.15) is 33.6 Å². The fourth-order valence-electron chi connectivity index (χ4n) is 1.95. The van der Waals surface area contributed by atoms with E-state index in [9.17, 15) is 0 Å². The lowest BCUT2D eigenvalue weighted by Crippen LogP contribution is -2.37. The van der Waals surface area contributed by atoms with Crippen molar-refractivity contribution in [1.29, 1.82) is 0 Å². The van der Waals surface area contributed by atoms with Crippen LogP contribution in [0.15, 0.2) is 0 Å². The maximum Gasteiger partial charge on any atom is 0.0700 e. The minimum atomic E-state index is 0.318. The van der Waals surface area contributed by atoms with Crippen molar-refractivity contribution < 1.29 is 14.2 Å². The van der Waals surface area contributed by atoms with Gasteiger partial charge in [-0.2, -0.15) is 0 Å². The van der Waals surface area contributed by atoms with E-state index in [1.807, 2.05) is 0 Å². The second-order valence-corrected chi connectivity index (χ2v) is 5.69. The van der Waals surface area contributed by atoms with Gasteiger partial charge in [-0.15, -0.1) is 0 Å². The highest BCUT2D eigenvalue weighted by Crippen LogP contribution is 2.31. The number of rotatable bonds is 13. The molecule has 0 radical (unpaired) electrons. The zero-order valence-corrected chi connectivity index (χ0v) is 13.5. The van der Waals surface area contributed by atoms with Gasteiger partial charge in [-0.25, -0.2) is 0 Å². The van der Waals surface area contributed by atoms with Gasteiger partial charge >= 0.3 is 0 Å². The zero-order valence-electron chi connectivity index (χ0n) is 13.5. The first-order valence-electron chi connectivity index (χ1n) is 7.33. The molecule has 19 heavy (non-hydrogen) atoms. The van der Waals surface area contributed by atoms with Gasteiger partial charge in [0, 0.05) is 33.9 Å². The SMILES string of the molecule is COCCNCC(C)(CCCOCCOC)C(C)C. The molecule has 0 aliphatic rings. The van der Waals surface area contributed by atoms with Crippen LogP contribution in [0, 0.1) is 11.3 Å². The number of methoxy groups -OCH3 is 2. The third kappa shape index (κ3) is 9.38. The minimum Gasteiger partial charge on any atom is -0.383 e. The Morgan fingerprint density at radius 1 is 1.00 bits per heavy atom. The maximum absolute atomic E-state index is 5.53. The number of hydrogen-bond donors (Lipinski definition) is 1. The van der Waals surface area contributed by atoms with E-state index >= 15 is 0 Å². The van der Waals surface area contributed by atoms with Crippen molar-refractivity contribution in [3.8, 4) is 0 Å². The summed E-state index contributed by atoms with van der Waals surface area (Å²) >= 11 is 0. The van der Waals surface area contributed by atoms with Crippen molar-refractivity contribution in [3.63, 3.8) is 0 Å². The van der Waals surface area contributed by atoms with Gasteiger partial charge in [0.2, 0.25) is 0 Å². The molecule has 0 amide bonds. The molecule has 1 unspecified atom stereocenters. The van der Waals surface area contributed by atoms with E-state index in [4.69, 9.17) is 14.2 Å². The molecule has 0 aromatic carbocycles. The molecule has 0 aromatic heterocycles. The largest absolute Gasteiger partial charge is 0.383 e. The summed E-state index contributed by atoms with van der Waals surface area (Å²) in [4.78, 5) is 0. The molecule has 4 heteroatoms. The van der Waals surface area contributed by atoms with Gasteiger partial charge in [-0.05, 0) is 24.2 Å². The lowest BCUT2D eigenvalue weighted by atomic mass is 9.75. The molecule has 0 saturated carbocycles. The molecule has 0 aliphatic heterocycles. The lowest BCUT2D eigenvalue weighted by molar-refractivity contribution is 0.0605. The third-order valence-electron chi connectivity index (χ3n) is 3.87. The predicted octanol–water partition coefficient (Wildman–Crippen LogP) is 2.33. The Bertz CT molecular complexity index is 200. The Kier molecular flexibility index (Phi) is 11.6. The summed E-state index contributed by atoms with van der Waals surface area (Å²) in [5.41, 5.74) is 0.318. The van der Waals surface area contributed by atoms with E-state index < -0.39 is 0 Å². The van der Waals surface area contributed by atoms with Crippen LogP contribution in [-0.4, -0.2) is 53.7 Å². The summed E-state index contributed by atoms with van der Waals surface area (Å²) in [5.74, 6) is 0.654. The highest BCUT2D eigenvalue weighted by Gasteiger charge is 2.27. The van der Waals surface area contributed by atoms with E-state index in [1.54, 1.807) is 14.2 Å². The molecule has 0 bridgehead atoms. The van der Waals surface area contributed by atoms with E-state index in [0.29, 0.717) is 24.5 Å². The van der Waals surface area contributed by atoms with Crippen LogP contribution in [0.4, 0.5) is 0 Å². The predicted molar refractivity (Wildman–Crippen MR) is 79.6 cm³/mol. The number of hydrogen-bond acceptors (Lipinski definition) is 4. The Labute approximate surface area is 119 Å². The van der Waals surface area contributed by atoms with Gasteiger partial charge in [0.25, 0.3) is 0 Å². The fourth-order valence-corrected chi connectivity index (χ4v) is 1.95. The molecule has 0 saturated heterocycles. The third-order valence-corrected chi connectivity index (χ3v) is 3.87. The first-order chi connectivity index (χ1) is 9.06. The van der Waals surface area contributed by atoms with Crippen LogP contribution < -0.4 is 5.32 Å². The number of ether oxygens (including phenoxy) is 3. The highest BCUT2D eigenvalue weighted by molar-refractivity contribution is 4.80. The molecular weight excluding hydrogens is 242 g/mol. The van der Waals surface area contributed by atoms with Crippen molar-refractivity contribution >= 4 is 0 Å². The Hall–Kier alpha value is -0.160. The Morgan fingerprint density at radius 2 is 1.68 bits per heavy atom. The molecule has 0 heterocycles. The summed E-state index contributed by atoms with van der Waals surface area (Å²) < 4.78 is 15.5. The van der Waals surface area contributed by atoms with E-state index in [-0.39, 0.29) is 0 Å². The van der Waals surface area contributed by atoms with Crippen LogP contribution in [0.25, 0.3) is 0 Å². The average molecular weight is 275 g/mol. The molecule has 1 atom stereocenters. The Balaban J connectivity index is 3.82. The van der Waals surface area contributed by atoms with Gasteiger partial charge in [-0.3, -0.25) is 0 Å². The summed E-state index contributed by atoms with van der Waals surface area (Å²) in [7, 11) is 3.44. The zero-order chi connectivity index (χ0) is 14.6. The molecule has 0 aliphatic carbocycles. The van der Waals surface area contributed by atoms with Crippen molar-refractivity contribution in [1.82, 2.24) is 5.32 Å². The molecule has 116 valence electrons. The molecule has 0 aromatic rings. The summed E-state index contributed by atoms with van der Waals surface area (Å²) in [5, 5.41) is 3.48. The summed E-state index contributed by atoms with van der Waals surface area (Å²) in [6.07, 6.45) is 2.28. The molecule has 1 N–H and O–H groups in total. The normalized spacial score (nSPS) is 14.8. The van der Waals surface area contributed by atoms with Crippen LogP contribution in [0.2, 0.25) is 0 Å². The minimum absolute atomic E-state index is 0.318. The topological polar surface area (TPSA) is 39.7 Å². The molecule has 0 spiro atoms. The lowest BCUT2D eigenvalue weighted by Gasteiger charge is -2.34. The van der Waals surface area contributed by atoms with Crippen molar-refractivity contribution in [3.05, 3.63) is 0 Å². The smallest absolute Gasteiger partial charge is 0.0700 e.